The van der Waals surface area contributed by atoms with Gasteiger partial charge in [0.25, 0.3) is 5.91 Å². The van der Waals surface area contributed by atoms with Crippen molar-refractivity contribution in [3.05, 3.63) is 53.9 Å². The summed E-state index contributed by atoms with van der Waals surface area (Å²) < 4.78 is 0. The van der Waals surface area contributed by atoms with Gasteiger partial charge < -0.3 is 15.1 Å². The molecule has 1 saturated heterocycles. The normalized spacial score (nSPS) is 17.0. The predicted molar refractivity (Wildman–Crippen MR) is 114 cm³/mol. The molecule has 7 heteroatoms. The molecule has 1 aliphatic heterocycles. The summed E-state index contributed by atoms with van der Waals surface area (Å²) in [6.45, 7) is 4.13. The lowest BCUT2D eigenvalue weighted by atomic mass is 9.97. The average Bonchev–Trinajstić information content (AvgIpc) is 2.80. The van der Waals surface area contributed by atoms with Crippen LogP contribution < -0.4 is 15.1 Å². The van der Waals surface area contributed by atoms with Crippen molar-refractivity contribution in [2.75, 3.05) is 42.5 Å². The van der Waals surface area contributed by atoms with Gasteiger partial charge in [0, 0.05) is 38.9 Å². The van der Waals surface area contributed by atoms with Crippen LogP contribution in [0.25, 0.3) is 0 Å². The van der Waals surface area contributed by atoms with Gasteiger partial charge in [0.05, 0.1) is 0 Å². The van der Waals surface area contributed by atoms with E-state index in [1.54, 1.807) is 6.07 Å². The standard InChI is InChI=1S/C22H28N6O/c29-22(24-13-11-18-6-2-1-3-7-18)19-9-10-21(26-25-19)28-16-14-27(15-17-28)20-8-4-5-12-23-20/h4-6,8-10,12H,1-3,7,11,13-17H2,(H,24,29). The van der Waals surface area contributed by atoms with E-state index >= 15 is 0 Å². The molecule has 0 radical (unpaired) electrons. The van der Waals surface area contributed by atoms with E-state index < -0.39 is 0 Å². The van der Waals surface area contributed by atoms with Crippen LogP contribution in [0.1, 0.15) is 42.6 Å². The zero-order chi connectivity index (χ0) is 19.9. The van der Waals surface area contributed by atoms with E-state index in [0.29, 0.717) is 12.2 Å². The first kappa shape index (κ1) is 19.4. The zero-order valence-corrected chi connectivity index (χ0v) is 16.8. The van der Waals surface area contributed by atoms with E-state index in [0.717, 1.165) is 50.7 Å². The SMILES string of the molecule is O=C(NCCC1=CCCCC1)c1ccc(N2CCN(c3ccccn3)CC2)nn1. The first-order valence-electron chi connectivity index (χ1n) is 10.5. The molecule has 0 atom stereocenters. The fourth-order valence-electron chi connectivity index (χ4n) is 3.88. The van der Waals surface area contributed by atoms with Crippen molar-refractivity contribution in [2.24, 2.45) is 0 Å². The zero-order valence-electron chi connectivity index (χ0n) is 16.8. The second-order valence-corrected chi connectivity index (χ2v) is 7.55. The van der Waals surface area contributed by atoms with Crippen molar-refractivity contribution < 1.29 is 4.79 Å². The molecule has 0 unspecified atom stereocenters. The number of hydrogen-bond acceptors (Lipinski definition) is 6. The summed E-state index contributed by atoms with van der Waals surface area (Å²) in [7, 11) is 0. The van der Waals surface area contributed by atoms with Crippen molar-refractivity contribution in [1.29, 1.82) is 0 Å². The highest BCUT2D eigenvalue weighted by atomic mass is 16.1. The third kappa shape index (κ3) is 5.10. The minimum atomic E-state index is -0.152. The highest BCUT2D eigenvalue weighted by molar-refractivity contribution is 5.92. The van der Waals surface area contributed by atoms with E-state index in [-0.39, 0.29) is 5.91 Å². The molecule has 2 aliphatic rings. The third-order valence-corrected chi connectivity index (χ3v) is 5.58. The summed E-state index contributed by atoms with van der Waals surface area (Å²) in [6, 6.07) is 9.63. The lowest BCUT2D eigenvalue weighted by Crippen LogP contribution is -2.47. The molecule has 1 aliphatic carbocycles. The Morgan fingerprint density at radius 2 is 1.79 bits per heavy atom. The minimum absolute atomic E-state index is 0.152. The molecular weight excluding hydrogens is 364 g/mol. The molecule has 0 spiro atoms. The number of carbonyl (C=O) groups excluding carboxylic acids is 1. The molecule has 1 fully saturated rings. The van der Waals surface area contributed by atoms with Crippen LogP contribution in [0.2, 0.25) is 0 Å². The second-order valence-electron chi connectivity index (χ2n) is 7.55. The van der Waals surface area contributed by atoms with Gasteiger partial charge in [-0.15, -0.1) is 10.2 Å². The number of allylic oxidation sites excluding steroid dienone is 1. The van der Waals surface area contributed by atoms with E-state index in [4.69, 9.17) is 0 Å². The molecule has 2 aromatic heterocycles. The number of piperazine rings is 1. The topological polar surface area (TPSA) is 74.2 Å². The van der Waals surface area contributed by atoms with E-state index in [9.17, 15) is 4.79 Å². The van der Waals surface area contributed by atoms with Gasteiger partial charge >= 0.3 is 0 Å². The van der Waals surface area contributed by atoms with Crippen LogP contribution in [-0.2, 0) is 0 Å². The molecule has 152 valence electrons. The van der Waals surface area contributed by atoms with Gasteiger partial charge in [-0.2, -0.15) is 0 Å². The quantitative estimate of drug-likeness (QED) is 0.762. The fourth-order valence-corrected chi connectivity index (χ4v) is 3.88. The monoisotopic (exact) mass is 392 g/mol. The molecule has 1 amide bonds. The molecule has 0 bridgehead atoms. The van der Waals surface area contributed by atoms with Crippen LogP contribution in [0, 0.1) is 0 Å². The van der Waals surface area contributed by atoms with Crippen LogP contribution >= 0.6 is 0 Å². The van der Waals surface area contributed by atoms with Crippen molar-refractivity contribution in [3.8, 4) is 0 Å². The molecule has 3 heterocycles. The van der Waals surface area contributed by atoms with Crippen LogP contribution in [0.3, 0.4) is 0 Å². The molecular formula is C22H28N6O. The number of pyridine rings is 1. The average molecular weight is 393 g/mol. The van der Waals surface area contributed by atoms with Gasteiger partial charge in [0.15, 0.2) is 11.5 Å². The number of nitrogens with one attached hydrogen (secondary N) is 1. The highest BCUT2D eigenvalue weighted by Crippen LogP contribution is 2.19. The van der Waals surface area contributed by atoms with Crippen molar-refractivity contribution in [2.45, 2.75) is 32.1 Å². The lowest BCUT2D eigenvalue weighted by molar-refractivity contribution is 0.0948. The maximum Gasteiger partial charge on any atom is 0.271 e. The molecule has 1 N–H and O–H groups in total. The highest BCUT2D eigenvalue weighted by Gasteiger charge is 2.19. The minimum Gasteiger partial charge on any atom is -0.353 e. The summed E-state index contributed by atoms with van der Waals surface area (Å²) in [4.78, 5) is 21.2. The number of amides is 1. The molecule has 29 heavy (non-hydrogen) atoms. The predicted octanol–water partition coefficient (Wildman–Crippen LogP) is 2.82. The Labute approximate surface area is 171 Å². The fraction of sp³-hybridized carbons (Fsp3) is 0.455. The van der Waals surface area contributed by atoms with E-state index in [1.807, 2.05) is 30.5 Å². The third-order valence-electron chi connectivity index (χ3n) is 5.58. The maximum atomic E-state index is 12.3. The summed E-state index contributed by atoms with van der Waals surface area (Å²) in [5.41, 5.74) is 1.83. The summed E-state index contributed by atoms with van der Waals surface area (Å²) in [5.74, 6) is 1.67. The summed E-state index contributed by atoms with van der Waals surface area (Å²) in [6.07, 6.45) is 9.96. The molecule has 0 saturated carbocycles. The molecule has 7 nitrogen and oxygen atoms in total. The number of carbonyl (C=O) groups is 1. The van der Waals surface area contributed by atoms with Crippen LogP contribution in [-0.4, -0.2) is 53.8 Å². The molecule has 0 aromatic carbocycles. The van der Waals surface area contributed by atoms with Gasteiger partial charge in [-0.1, -0.05) is 17.7 Å². The van der Waals surface area contributed by atoms with Gasteiger partial charge in [-0.05, 0) is 56.4 Å². The first-order chi connectivity index (χ1) is 14.3. The Kier molecular flexibility index (Phi) is 6.34. The first-order valence-corrected chi connectivity index (χ1v) is 10.5. The summed E-state index contributed by atoms with van der Waals surface area (Å²) in [5, 5.41) is 11.4. The Bertz CT molecular complexity index is 828. The van der Waals surface area contributed by atoms with Crippen molar-refractivity contribution in [1.82, 2.24) is 20.5 Å². The largest absolute Gasteiger partial charge is 0.353 e. The van der Waals surface area contributed by atoms with Crippen LogP contribution in [0.15, 0.2) is 48.2 Å². The van der Waals surface area contributed by atoms with Crippen molar-refractivity contribution in [3.63, 3.8) is 0 Å². The van der Waals surface area contributed by atoms with E-state index in [1.165, 1.54) is 24.8 Å². The maximum absolute atomic E-state index is 12.3. The number of anilines is 2. The second kappa shape index (κ2) is 9.49. The van der Waals surface area contributed by atoms with Crippen LogP contribution in [0.5, 0.6) is 0 Å². The molecule has 2 aromatic rings. The number of hydrogen-bond donors (Lipinski definition) is 1. The lowest BCUT2D eigenvalue weighted by Gasteiger charge is -2.35. The van der Waals surface area contributed by atoms with Gasteiger partial charge in [0.1, 0.15) is 5.82 Å². The number of nitrogens with zero attached hydrogens (tertiary/aromatic N) is 5. The summed E-state index contributed by atoms with van der Waals surface area (Å²) >= 11 is 0. The Balaban J connectivity index is 1.25. The Hall–Kier alpha value is -2.96. The van der Waals surface area contributed by atoms with Gasteiger partial charge in [0.2, 0.25) is 0 Å². The van der Waals surface area contributed by atoms with E-state index in [2.05, 4.69) is 36.4 Å². The number of rotatable bonds is 6. The smallest absolute Gasteiger partial charge is 0.271 e. The van der Waals surface area contributed by atoms with Crippen LogP contribution in [0.4, 0.5) is 11.6 Å². The molecule has 4 rings (SSSR count). The Morgan fingerprint density at radius 3 is 2.45 bits per heavy atom. The number of aromatic nitrogens is 3. The van der Waals surface area contributed by atoms with Crippen molar-refractivity contribution >= 4 is 17.5 Å². The van der Waals surface area contributed by atoms with Gasteiger partial charge in [-0.25, -0.2) is 4.98 Å². The Morgan fingerprint density at radius 1 is 0.966 bits per heavy atom. The van der Waals surface area contributed by atoms with Gasteiger partial charge in [-0.3, -0.25) is 4.79 Å².